The maximum absolute atomic E-state index is 6.14. The normalized spacial score (nSPS) is 18.7. The molecule has 1 saturated heterocycles. The highest BCUT2D eigenvalue weighted by atomic mass is 35.5. The predicted octanol–water partition coefficient (Wildman–Crippen LogP) is 3.82. The van der Waals surface area contributed by atoms with Crippen LogP contribution < -0.4 is 4.90 Å². The van der Waals surface area contributed by atoms with Gasteiger partial charge in [0.25, 0.3) is 0 Å². The van der Waals surface area contributed by atoms with E-state index < -0.39 is 0 Å². The van der Waals surface area contributed by atoms with Crippen molar-refractivity contribution < 1.29 is 0 Å². The zero-order valence-electron chi connectivity index (χ0n) is 16.4. The number of aromatic nitrogens is 1. The average Bonchev–Trinajstić information content (AvgIpc) is 2.68. The van der Waals surface area contributed by atoms with Crippen molar-refractivity contribution in [3.63, 3.8) is 0 Å². The number of fused-ring (bicyclic) bond motifs is 1. The number of hydrogen-bond donors (Lipinski definition) is 0. The Balaban J connectivity index is 1.40. The lowest BCUT2D eigenvalue weighted by Crippen LogP contribution is -2.48. The summed E-state index contributed by atoms with van der Waals surface area (Å²) in [5.41, 5.74) is 5.30. The monoisotopic (exact) mass is 384 g/mol. The maximum atomic E-state index is 6.14. The number of nitrogens with zero attached hydrogens (tertiary/aromatic N) is 4. The summed E-state index contributed by atoms with van der Waals surface area (Å²) in [5.74, 6) is 0. The standard InChI is InChI=1S/C22H29ClN4/c1-17(2)26-9-7-25(8-10-26)15-18-11-22(14-24-13-18)27-6-5-19-12-21(23)4-3-20(19)16-27/h3-4,11-14,17H,5-10,15-16H2,1-2H3. The SMILES string of the molecule is CC(C)N1CCN(Cc2cncc(N3CCc4cc(Cl)ccc4C3)c2)CC1. The van der Waals surface area contributed by atoms with Gasteiger partial charge in [0.1, 0.15) is 0 Å². The molecule has 1 fully saturated rings. The summed E-state index contributed by atoms with van der Waals surface area (Å²) in [7, 11) is 0. The van der Waals surface area contributed by atoms with E-state index in [-0.39, 0.29) is 0 Å². The number of rotatable bonds is 4. The van der Waals surface area contributed by atoms with E-state index >= 15 is 0 Å². The number of halogens is 1. The van der Waals surface area contributed by atoms with Crippen LogP contribution in [0.3, 0.4) is 0 Å². The van der Waals surface area contributed by atoms with E-state index in [1.165, 1.54) is 22.4 Å². The minimum absolute atomic E-state index is 0.647. The molecule has 0 atom stereocenters. The summed E-state index contributed by atoms with van der Waals surface area (Å²) in [6.07, 6.45) is 5.06. The van der Waals surface area contributed by atoms with E-state index in [1.807, 2.05) is 18.5 Å². The van der Waals surface area contributed by atoms with Crippen molar-refractivity contribution in [3.8, 4) is 0 Å². The minimum Gasteiger partial charge on any atom is -0.366 e. The third-order valence-corrected chi connectivity index (χ3v) is 6.10. The van der Waals surface area contributed by atoms with Crippen LogP contribution in [0.25, 0.3) is 0 Å². The lowest BCUT2D eigenvalue weighted by Gasteiger charge is -2.37. The Labute approximate surface area is 167 Å². The Morgan fingerprint density at radius 1 is 1.00 bits per heavy atom. The molecule has 1 aromatic carbocycles. The molecule has 27 heavy (non-hydrogen) atoms. The maximum Gasteiger partial charge on any atom is 0.0559 e. The first-order valence-electron chi connectivity index (χ1n) is 10.0. The van der Waals surface area contributed by atoms with Crippen LogP contribution in [0.4, 0.5) is 5.69 Å². The highest BCUT2D eigenvalue weighted by Gasteiger charge is 2.20. The largest absolute Gasteiger partial charge is 0.366 e. The van der Waals surface area contributed by atoms with Gasteiger partial charge in [0.15, 0.2) is 0 Å². The van der Waals surface area contributed by atoms with Crippen molar-refractivity contribution in [1.82, 2.24) is 14.8 Å². The molecule has 1 aromatic heterocycles. The molecule has 2 aliphatic rings. The molecular formula is C22H29ClN4. The third kappa shape index (κ3) is 4.45. The Hall–Kier alpha value is -1.62. The lowest BCUT2D eigenvalue weighted by atomic mass is 9.99. The third-order valence-electron chi connectivity index (χ3n) is 5.87. The molecular weight excluding hydrogens is 356 g/mol. The van der Waals surface area contributed by atoms with Gasteiger partial charge in [-0.15, -0.1) is 0 Å². The summed E-state index contributed by atoms with van der Waals surface area (Å²) in [5, 5.41) is 0.837. The van der Waals surface area contributed by atoms with Crippen LogP contribution in [0.15, 0.2) is 36.7 Å². The van der Waals surface area contributed by atoms with Crippen LogP contribution in [-0.2, 0) is 19.5 Å². The molecule has 0 bridgehead atoms. The molecule has 0 N–H and O–H groups in total. The second-order valence-electron chi connectivity index (χ2n) is 8.04. The molecule has 4 nitrogen and oxygen atoms in total. The lowest BCUT2D eigenvalue weighted by molar-refractivity contribution is 0.104. The quantitative estimate of drug-likeness (QED) is 0.799. The second-order valence-corrected chi connectivity index (χ2v) is 8.48. The number of hydrogen-bond acceptors (Lipinski definition) is 4. The van der Waals surface area contributed by atoms with Crippen LogP contribution in [0.2, 0.25) is 5.02 Å². The van der Waals surface area contributed by atoms with Gasteiger partial charge in [-0.2, -0.15) is 0 Å². The van der Waals surface area contributed by atoms with Crippen molar-refractivity contribution in [3.05, 3.63) is 58.4 Å². The zero-order chi connectivity index (χ0) is 18.8. The average molecular weight is 385 g/mol. The Bertz CT molecular complexity index is 784. The number of benzene rings is 1. The molecule has 144 valence electrons. The fourth-order valence-electron chi connectivity index (χ4n) is 4.17. The van der Waals surface area contributed by atoms with E-state index in [9.17, 15) is 0 Å². The summed E-state index contributed by atoms with van der Waals surface area (Å²) < 4.78 is 0. The van der Waals surface area contributed by atoms with E-state index in [1.54, 1.807) is 0 Å². The highest BCUT2D eigenvalue weighted by molar-refractivity contribution is 6.30. The summed E-state index contributed by atoms with van der Waals surface area (Å²) in [6, 6.07) is 9.24. The van der Waals surface area contributed by atoms with Gasteiger partial charge in [0.2, 0.25) is 0 Å². The summed E-state index contributed by atoms with van der Waals surface area (Å²) >= 11 is 6.14. The molecule has 3 heterocycles. The summed E-state index contributed by atoms with van der Waals surface area (Å²) in [6.45, 7) is 12.1. The van der Waals surface area contributed by atoms with E-state index in [0.717, 1.165) is 57.3 Å². The molecule has 0 radical (unpaired) electrons. The van der Waals surface area contributed by atoms with Crippen LogP contribution in [0.5, 0.6) is 0 Å². The van der Waals surface area contributed by atoms with Gasteiger partial charge < -0.3 is 4.90 Å². The van der Waals surface area contributed by atoms with Gasteiger partial charge in [-0.25, -0.2) is 0 Å². The molecule has 0 saturated carbocycles. The summed E-state index contributed by atoms with van der Waals surface area (Å²) in [4.78, 5) is 12.1. The number of pyridine rings is 1. The van der Waals surface area contributed by atoms with Crippen LogP contribution >= 0.6 is 11.6 Å². The van der Waals surface area contributed by atoms with Crippen molar-refractivity contribution in [1.29, 1.82) is 0 Å². The molecule has 2 aliphatic heterocycles. The zero-order valence-corrected chi connectivity index (χ0v) is 17.1. The fourth-order valence-corrected chi connectivity index (χ4v) is 4.37. The highest BCUT2D eigenvalue weighted by Crippen LogP contribution is 2.27. The molecule has 2 aromatic rings. The number of anilines is 1. The Morgan fingerprint density at radius 3 is 2.59 bits per heavy atom. The van der Waals surface area contributed by atoms with E-state index in [4.69, 9.17) is 11.6 Å². The van der Waals surface area contributed by atoms with Crippen LogP contribution in [-0.4, -0.2) is 53.5 Å². The second kappa shape index (κ2) is 8.17. The topological polar surface area (TPSA) is 22.6 Å². The van der Waals surface area contributed by atoms with Crippen molar-refractivity contribution in [2.45, 2.75) is 39.4 Å². The first-order chi connectivity index (χ1) is 13.1. The van der Waals surface area contributed by atoms with Crippen molar-refractivity contribution in [2.75, 3.05) is 37.6 Å². The van der Waals surface area contributed by atoms with Gasteiger partial charge in [-0.1, -0.05) is 17.7 Å². The first kappa shape index (κ1) is 18.7. The number of piperazine rings is 1. The van der Waals surface area contributed by atoms with Gasteiger partial charge in [0.05, 0.1) is 11.9 Å². The van der Waals surface area contributed by atoms with Crippen molar-refractivity contribution >= 4 is 17.3 Å². The minimum atomic E-state index is 0.647. The molecule has 0 amide bonds. The molecule has 5 heteroatoms. The van der Waals surface area contributed by atoms with Crippen molar-refractivity contribution in [2.24, 2.45) is 0 Å². The van der Waals surface area contributed by atoms with E-state index in [0.29, 0.717) is 6.04 Å². The predicted molar refractivity (Wildman–Crippen MR) is 112 cm³/mol. The molecule has 0 unspecified atom stereocenters. The smallest absolute Gasteiger partial charge is 0.0559 e. The molecule has 0 spiro atoms. The molecule has 4 rings (SSSR count). The van der Waals surface area contributed by atoms with Crippen LogP contribution in [0, 0.1) is 0 Å². The molecule has 0 aliphatic carbocycles. The van der Waals surface area contributed by atoms with Gasteiger partial charge >= 0.3 is 0 Å². The van der Waals surface area contributed by atoms with Gasteiger partial charge in [-0.05, 0) is 55.2 Å². The van der Waals surface area contributed by atoms with Gasteiger partial charge in [-0.3, -0.25) is 14.8 Å². The Kier molecular flexibility index (Phi) is 5.67. The first-order valence-corrected chi connectivity index (χ1v) is 10.4. The fraction of sp³-hybridized carbons (Fsp3) is 0.500. The van der Waals surface area contributed by atoms with Gasteiger partial charge in [0, 0.05) is 63.1 Å². The van der Waals surface area contributed by atoms with Crippen LogP contribution in [0.1, 0.15) is 30.5 Å². The van der Waals surface area contributed by atoms with E-state index in [2.05, 4.69) is 51.7 Å². The Morgan fingerprint density at radius 2 is 1.81 bits per heavy atom.